The maximum absolute atomic E-state index is 13.6. The number of alkyl halides is 3. The molecule has 15 heteroatoms. The molecule has 0 aliphatic heterocycles. The molecule has 0 bridgehead atoms. The smallest absolute Gasteiger partial charge is 0.416 e. The number of amides is 1. The first-order valence-electron chi connectivity index (χ1n) is 12.8. The second-order valence-corrected chi connectivity index (χ2v) is 13.1. The number of sulfonamides is 2. The minimum atomic E-state index is -4.65. The van der Waals surface area contributed by atoms with E-state index in [4.69, 9.17) is 16.3 Å². The molecule has 0 radical (unpaired) electrons. The lowest BCUT2D eigenvalue weighted by Gasteiger charge is -2.24. The Labute approximate surface area is 257 Å². The molecule has 0 unspecified atom stereocenters. The van der Waals surface area contributed by atoms with Crippen molar-refractivity contribution >= 4 is 54.6 Å². The summed E-state index contributed by atoms with van der Waals surface area (Å²) in [5, 5.41) is 2.85. The van der Waals surface area contributed by atoms with Crippen LogP contribution in [0.4, 0.5) is 30.2 Å². The molecule has 2 N–H and O–H groups in total. The Morgan fingerprint density at radius 1 is 0.841 bits per heavy atom. The Kier molecular flexibility index (Phi) is 9.76. The predicted molar refractivity (Wildman–Crippen MR) is 161 cm³/mol. The predicted octanol–water partition coefficient (Wildman–Crippen LogP) is 6.39. The van der Waals surface area contributed by atoms with Crippen LogP contribution in [0.15, 0.2) is 107 Å². The number of ether oxygens (including phenoxy) is 1. The fraction of sp³-hybridized carbons (Fsp3) is 0.138. The number of hydrogen-bond acceptors (Lipinski definition) is 6. The van der Waals surface area contributed by atoms with Crippen molar-refractivity contribution in [1.29, 1.82) is 0 Å². The van der Waals surface area contributed by atoms with Crippen LogP contribution in [0.2, 0.25) is 5.02 Å². The molecule has 0 heterocycles. The Bertz CT molecular complexity index is 1840. The monoisotopic (exact) mass is 667 g/mol. The largest absolute Gasteiger partial charge is 0.494 e. The molecule has 0 aromatic heterocycles. The fourth-order valence-electron chi connectivity index (χ4n) is 3.95. The van der Waals surface area contributed by atoms with Crippen molar-refractivity contribution in [3.05, 3.63) is 108 Å². The zero-order chi connectivity index (χ0) is 32.1. The topological polar surface area (TPSA) is 122 Å². The highest BCUT2D eigenvalue weighted by molar-refractivity contribution is 7.93. The van der Waals surface area contributed by atoms with Crippen LogP contribution in [-0.4, -0.2) is 35.9 Å². The number of carbonyl (C=O) groups is 1. The molecule has 0 saturated carbocycles. The maximum atomic E-state index is 13.6. The highest BCUT2D eigenvalue weighted by Gasteiger charge is 2.31. The van der Waals surface area contributed by atoms with Gasteiger partial charge in [0, 0.05) is 16.4 Å². The van der Waals surface area contributed by atoms with Gasteiger partial charge in [0.1, 0.15) is 12.3 Å². The van der Waals surface area contributed by atoms with E-state index in [0.717, 1.165) is 28.6 Å². The van der Waals surface area contributed by atoms with Gasteiger partial charge in [-0.1, -0.05) is 17.7 Å². The van der Waals surface area contributed by atoms with Gasteiger partial charge in [-0.3, -0.25) is 13.8 Å². The molecule has 9 nitrogen and oxygen atoms in total. The van der Waals surface area contributed by atoms with Crippen molar-refractivity contribution < 1.29 is 39.5 Å². The van der Waals surface area contributed by atoms with Gasteiger partial charge in [0.2, 0.25) is 5.91 Å². The molecule has 0 aliphatic carbocycles. The van der Waals surface area contributed by atoms with Crippen molar-refractivity contribution in [2.45, 2.75) is 22.9 Å². The van der Waals surface area contributed by atoms with Crippen LogP contribution in [0.1, 0.15) is 12.5 Å². The number of benzene rings is 4. The summed E-state index contributed by atoms with van der Waals surface area (Å²) in [4.78, 5) is 12.7. The van der Waals surface area contributed by atoms with E-state index >= 15 is 0 Å². The Morgan fingerprint density at radius 3 is 2.05 bits per heavy atom. The average molecular weight is 668 g/mol. The van der Waals surface area contributed by atoms with Gasteiger partial charge in [-0.05, 0) is 97.9 Å². The summed E-state index contributed by atoms with van der Waals surface area (Å²) in [5.41, 5.74) is -0.981. The highest BCUT2D eigenvalue weighted by Crippen LogP contribution is 2.31. The molecule has 0 atom stereocenters. The van der Waals surface area contributed by atoms with E-state index < -0.39 is 44.2 Å². The van der Waals surface area contributed by atoms with Gasteiger partial charge in [-0.25, -0.2) is 16.8 Å². The molecular weight excluding hydrogens is 643 g/mol. The quantitative estimate of drug-likeness (QED) is 0.191. The SMILES string of the molecule is CCOc1ccc(N(CC(=O)Nc2ccc(S(=O)(=O)Nc3cccc(C(F)(F)F)c3)cc2)S(=O)(=O)c2ccc(Cl)cc2)cc1. The third kappa shape index (κ3) is 8.01. The normalized spacial score (nSPS) is 11.9. The molecule has 44 heavy (non-hydrogen) atoms. The Balaban J connectivity index is 1.52. The van der Waals surface area contributed by atoms with E-state index in [0.29, 0.717) is 23.4 Å². The molecule has 1 amide bonds. The van der Waals surface area contributed by atoms with Crippen molar-refractivity contribution in [2.24, 2.45) is 0 Å². The number of rotatable bonds is 11. The second-order valence-electron chi connectivity index (χ2n) is 9.15. The van der Waals surface area contributed by atoms with E-state index in [1.54, 1.807) is 19.1 Å². The van der Waals surface area contributed by atoms with Crippen LogP contribution in [0.3, 0.4) is 0 Å². The van der Waals surface area contributed by atoms with E-state index in [2.05, 4.69) is 10.0 Å². The number of nitrogens with zero attached hydrogens (tertiary/aromatic N) is 1. The van der Waals surface area contributed by atoms with E-state index in [1.807, 2.05) is 0 Å². The summed E-state index contributed by atoms with van der Waals surface area (Å²) < 4.78 is 100. The third-order valence-corrected chi connectivity index (χ3v) is 9.45. The third-order valence-electron chi connectivity index (χ3n) is 6.02. The standard InChI is InChI=1S/C29H25ClF3N3O6S2/c1-2-42-25-12-10-24(11-13-25)36(44(40,41)27-14-6-21(30)7-15-27)19-28(37)34-22-8-16-26(17-9-22)43(38,39)35-23-5-3-4-20(18-23)29(31,32)33/h3-18,35H,2,19H2,1H3,(H,34,37). The van der Waals surface area contributed by atoms with Crippen LogP contribution in [0.25, 0.3) is 0 Å². The molecule has 4 aromatic rings. The van der Waals surface area contributed by atoms with Crippen molar-refractivity contribution in [3.63, 3.8) is 0 Å². The second kappa shape index (κ2) is 13.2. The molecule has 4 aromatic carbocycles. The van der Waals surface area contributed by atoms with E-state index in [-0.39, 0.29) is 26.9 Å². The number of carbonyl (C=O) groups excluding carboxylic acids is 1. The summed E-state index contributed by atoms with van der Waals surface area (Å²) in [7, 11) is -8.51. The zero-order valence-electron chi connectivity index (χ0n) is 22.9. The van der Waals surface area contributed by atoms with Gasteiger partial charge < -0.3 is 10.1 Å². The van der Waals surface area contributed by atoms with Gasteiger partial charge in [0.05, 0.1) is 27.6 Å². The summed E-state index contributed by atoms with van der Waals surface area (Å²) in [6.45, 7) is 1.55. The number of nitrogens with one attached hydrogen (secondary N) is 2. The lowest BCUT2D eigenvalue weighted by Crippen LogP contribution is -2.38. The molecule has 0 fully saturated rings. The molecule has 4 rings (SSSR count). The molecule has 232 valence electrons. The first-order valence-corrected chi connectivity index (χ1v) is 16.1. The van der Waals surface area contributed by atoms with Gasteiger partial charge >= 0.3 is 6.18 Å². The van der Waals surface area contributed by atoms with Gasteiger partial charge in [-0.15, -0.1) is 0 Å². The van der Waals surface area contributed by atoms with Crippen molar-refractivity contribution in [1.82, 2.24) is 0 Å². The lowest BCUT2D eigenvalue weighted by molar-refractivity contribution is -0.137. The minimum Gasteiger partial charge on any atom is -0.494 e. The molecular formula is C29H25ClF3N3O6S2. The summed E-state index contributed by atoms with van der Waals surface area (Å²) >= 11 is 5.91. The van der Waals surface area contributed by atoms with Crippen LogP contribution >= 0.6 is 11.6 Å². The van der Waals surface area contributed by atoms with Crippen LogP contribution in [0, 0.1) is 0 Å². The van der Waals surface area contributed by atoms with E-state index in [9.17, 15) is 34.8 Å². The minimum absolute atomic E-state index is 0.105. The van der Waals surface area contributed by atoms with E-state index in [1.165, 1.54) is 54.6 Å². The maximum Gasteiger partial charge on any atom is 0.416 e. The van der Waals surface area contributed by atoms with Gasteiger partial charge in [-0.2, -0.15) is 13.2 Å². The first-order chi connectivity index (χ1) is 20.7. The van der Waals surface area contributed by atoms with Crippen LogP contribution in [0.5, 0.6) is 5.75 Å². The number of halogens is 4. The van der Waals surface area contributed by atoms with Gasteiger partial charge in [0.15, 0.2) is 0 Å². The Morgan fingerprint density at radius 2 is 1.45 bits per heavy atom. The lowest BCUT2D eigenvalue weighted by atomic mass is 10.2. The van der Waals surface area contributed by atoms with Crippen molar-refractivity contribution in [3.8, 4) is 5.75 Å². The van der Waals surface area contributed by atoms with Crippen LogP contribution < -0.4 is 19.1 Å². The highest BCUT2D eigenvalue weighted by atomic mass is 35.5. The number of anilines is 3. The Hall–Kier alpha value is -4.27. The average Bonchev–Trinajstić information content (AvgIpc) is 2.96. The summed E-state index contributed by atoms with van der Waals surface area (Å²) in [5.74, 6) is -0.240. The number of hydrogen-bond donors (Lipinski definition) is 2. The zero-order valence-corrected chi connectivity index (χ0v) is 25.3. The van der Waals surface area contributed by atoms with Crippen LogP contribution in [-0.2, 0) is 31.0 Å². The molecule has 0 saturated heterocycles. The molecule has 0 spiro atoms. The fourth-order valence-corrected chi connectivity index (χ4v) is 6.54. The molecule has 0 aliphatic rings. The summed E-state index contributed by atoms with van der Waals surface area (Å²) in [6, 6.07) is 20.1. The van der Waals surface area contributed by atoms with Gasteiger partial charge in [0.25, 0.3) is 20.0 Å². The van der Waals surface area contributed by atoms with Crippen molar-refractivity contribution in [2.75, 3.05) is 27.5 Å². The first kappa shape index (κ1) is 32.6. The summed E-state index contributed by atoms with van der Waals surface area (Å²) in [6.07, 6.45) is -4.65.